The zero-order valence-corrected chi connectivity index (χ0v) is 21.3. The largest absolute Gasteiger partial charge is 0.467 e. The van der Waals surface area contributed by atoms with E-state index in [2.05, 4.69) is 41.7 Å². The highest BCUT2D eigenvalue weighted by Gasteiger charge is 2.38. The predicted octanol–water partition coefficient (Wildman–Crippen LogP) is 4.74. The molecule has 0 unspecified atom stereocenters. The first-order chi connectivity index (χ1) is 16.9. The summed E-state index contributed by atoms with van der Waals surface area (Å²) in [7, 11) is 1.32. The Bertz CT molecular complexity index is 978. The van der Waals surface area contributed by atoms with Crippen LogP contribution < -0.4 is 11.1 Å². The van der Waals surface area contributed by atoms with Crippen LogP contribution in [0.2, 0.25) is 0 Å². The number of nitrogens with two attached hydrogens (primary N) is 1. The summed E-state index contributed by atoms with van der Waals surface area (Å²) in [6, 6.07) is 29.2. The van der Waals surface area contributed by atoms with Gasteiger partial charge in [0.15, 0.2) is 0 Å². The average Bonchev–Trinajstić information content (AvgIpc) is 2.89. The normalized spacial score (nSPS) is 13.2. The summed E-state index contributed by atoms with van der Waals surface area (Å²) in [4.78, 5) is 25.2. The van der Waals surface area contributed by atoms with E-state index in [9.17, 15) is 9.59 Å². The van der Waals surface area contributed by atoms with Crippen molar-refractivity contribution in [3.05, 3.63) is 108 Å². The van der Waals surface area contributed by atoms with Crippen LogP contribution in [0.3, 0.4) is 0 Å². The molecule has 0 fully saturated rings. The Morgan fingerprint density at radius 2 is 1.29 bits per heavy atom. The topological polar surface area (TPSA) is 81.4 Å². The summed E-state index contributed by atoms with van der Waals surface area (Å²) in [6.07, 6.45) is 0.486. The van der Waals surface area contributed by atoms with Gasteiger partial charge in [0.2, 0.25) is 5.91 Å². The smallest absolute Gasteiger partial charge is 0.328 e. The molecule has 0 aromatic heterocycles. The number of carbonyl (C=O) groups is 2. The van der Waals surface area contributed by atoms with Gasteiger partial charge in [0.05, 0.1) is 17.9 Å². The zero-order chi connectivity index (χ0) is 25.3. The number of hydrogen-bond acceptors (Lipinski definition) is 5. The molecular weight excluding hydrogens is 456 g/mol. The van der Waals surface area contributed by atoms with Gasteiger partial charge in [0.1, 0.15) is 6.04 Å². The molecule has 0 saturated heterocycles. The van der Waals surface area contributed by atoms with E-state index in [1.54, 1.807) is 11.8 Å². The maximum atomic E-state index is 13.0. The van der Waals surface area contributed by atoms with Crippen molar-refractivity contribution >= 4 is 23.6 Å². The van der Waals surface area contributed by atoms with E-state index >= 15 is 0 Å². The van der Waals surface area contributed by atoms with Crippen molar-refractivity contribution in [3.63, 3.8) is 0 Å². The van der Waals surface area contributed by atoms with Crippen molar-refractivity contribution in [2.45, 2.75) is 37.1 Å². The highest BCUT2D eigenvalue weighted by Crippen LogP contribution is 2.48. The molecule has 5 nitrogen and oxygen atoms in total. The van der Waals surface area contributed by atoms with Crippen LogP contribution >= 0.6 is 11.8 Å². The lowest BCUT2D eigenvalue weighted by Crippen LogP contribution is -2.50. The molecular formula is C29H34N2O3S. The van der Waals surface area contributed by atoms with Gasteiger partial charge in [0.25, 0.3) is 0 Å². The van der Waals surface area contributed by atoms with E-state index < -0.39 is 22.8 Å². The predicted molar refractivity (Wildman–Crippen MR) is 143 cm³/mol. The minimum atomic E-state index is -0.810. The number of thioether (sulfide) groups is 1. The Balaban J connectivity index is 1.93. The molecule has 2 atom stereocenters. The van der Waals surface area contributed by atoms with Gasteiger partial charge in [-0.1, -0.05) is 105 Å². The maximum absolute atomic E-state index is 13.0. The first-order valence-electron chi connectivity index (χ1n) is 11.8. The van der Waals surface area contributed by atoms with Gasteiger partial charge in [-0.2, -0.15) is 0 Å². The van der Waals surface area contributed by atoms with Gasteiger partial charge in [-0.3, -0.25) is 4.79 Å². The molecule has 0 aliphatic heterocycles. The molecule has 0 spiro atoms. The number of ether oxygens (including phenoxy) is 1. The number of nitrogens with one attached hydrogen (secondary N) is 1. The highest BCUT2D eigenvalue weighted by atomic mass is 32.2. The number of benzene rings is 3. The molecule has 0 saturated carbocycles. The van der Waals surface area contributed by atoms with Crippen LogP contribution in [0.5, 0.6) is 0 Å². The first kappa shape index (κ1) is 26.5. The maximum Gasteiger partial charge on any atom is 0.328 e. The van der Waals surface area contributed by atoms with Crippen molar-refractivity contribution in [3.8, 4) is 0 Å². The summed E-state index contributed by atoms with van der Waals surface area (Å²) in [5, 5.41) is 2.80. The molecule has 6 heteroatoms. The van der Waals surface area contributed by atoms with Crippen molar-refractivity contribution < 1.29 is 14.3 Å². The van der Waals surface area contributed by atoms with Gasteiger partial charge in [0, 0.05) is 5.75 Å². The Morgan fingerprint density at radius 3 is 1.66 bits per heavy atom. The summed E-state index contributed by atoms with van der Waals surface area (Å²) >= 11 is 1.62. The molecule has 3 N–H and O–H groups in total. The van der Waals surface area contributed by atoms with Crippen LogP contribution in [0.25, 0.3) is 0 Å². The Hall–Kier alpha value is -3.09. The summed E-state index contributed by atoms with van der Waals surface area (Å²) in [5.41, 5.74) is 9.69. The lowest BCUT2D eigenvalue weighted by molar-refractivity contribution is -0.145. The van der Waals surface area contributed by atoms with Crippen molar-refractivity contribution in [1.29, 1.82) is 0 Å². The standard InChI is InChI=1S/C29H34N2O3S/c1-21(2)19-26(28(33)34-3)31-27(32)25(30)20-35-29(22-13-7-4-8-14-22,23-15-9-5-10-16-23)24-17-11-6-12-18-24/h4-18,21,25-26H,19-20,30H2,1-3H3,(H,31,32)/t25-,26-/m1/s1. The van der Waals surface area contributed by atoms with E-state index in [4.69, 9.17) is 10.5 Å². The minimum absolute atomic E-state index is 0.215. The molecule has 0 heterocycles. The molecule has 3 aromatic rings. The van der Waals surface area contributed by atoms with Gasteiger partial charge in [-0.25, -0.2) is 4.79 Å². The SMILES string of the molecule is COC(=O)[C@@H](CC(C)C)NC(=O)[C@H](N)CSC(c1ccccc1)(c1ccccc1)c1ccccc1. The lowest BCUT2D eigenvalue weighted by atomic mass is 9.84. The molecule has 0 aliphatic carbocycles. The van der Waals surface area contributed by atoms with Crippen molar-refractivity contribution in [1.82, 2.24) is 5.32 Å². The number of carbonyl (C=O) groups excluding carboxylic acids is 2. The Morgan fingerprint density at radius 1 is 0.857 bits per heavy atom. The fraction of sp³-hybridized carbons (Fsp3) is 0.310. The number of hydrogen-bond donors (Lipinski definition) is 2. The third kappa shape index (κ3) is 6.53. The van der Waals surface area contributed by atoms with Crippen LogP contribution in [0, 0.1) is 5.92 Å². The number of esters is 1. The van der Waals surface area contributed by atoms with Gasteiger partial charge in [-0.15, -0.1) is 11.8 Å². The average molecular weight is 491 g/mol. The third-order valence-electron chi connectivity index (χ3n) is 5.87. The molecule has 0 aliphatic rings. The third-order valence-corrected chi connectivity index (χ3v) is 7.53. The van der Waals surface area contributed by atoms with E-state index in [0.717, 1.165) is 16.7 Å². The molecule has 35 heavy (non-hydrogen) atoms. The Kier molecular flexibility index (Phi) is 9.52. The zero-order valence-electron chi connectivity index (χ0n) is 20.5. The molecule has 1 amide bonds. The van der Waals surface area contributed by atoms with Crippen molar-refractivity contribution in [2.75, 3.05) is 12.9 Å². The van der Waals surface area contributed by atoms with E-state index in [0.29, 0.717) is 12.2 Å². The summed E-state index contributed by atoms with van der Waals surface area (Å²) < 4.78 is 4.31. The second kappa shape index (κ2) is 12.6. The molecule has 184 valence electrons. The molecule has 0 radical (unpaired) electrons. The lowest BCUT2D eigenvalue weighted by Gasteiger charge is -2.36. The molecule has 3 aromatic carbocycles. The van der Waals surface area contributed by atoms with E-state index in [1.807, 2.05) is 68.4 Å². The van der Waals surface area contributed by atoms with E-state index in [-0.39, 0.29) is 11.8 Å². The van der Waals surface area contributed by atoms with Gasteiger partial charge >= 0.3 is 5.97 Å². The van der Waals surface area contributed by atoms with Crippen LogP contribution in [0.15, 0.2) is 91.0 Å². The fourth-order valence-electron chi connectivity index (χ4n) is 4.17. The van der Waals surface area contributed by atoms with Gasteiger partial charge < -0.3 is 15.8 Å². The molecule has 0 bridgehead atoms. The molecule has 3 rings (SSSR count). The van der Waals surface area contributed by atoms with Gasteiger partial charge in [-0.05, 0) is 29.0 Å². The van der Waals surface area contributed by atoms with Crippen LogP contribution in [0.1, 0.15) is 37.0 Å². The van der Waals surface area contributed by atoms with Crippen molar-refractivity contribution in [2.24, 2.45) is 11.7 Å². The summed E-state index contributed by atoms with van der Waals surface area (Å²) in [6.45, 7) is 3.98. The minimum Gasteiger partial charge on any atom is -0.467 e. The van der Waals surface area contributed by atoms with Crippen LogP contribution in [-0.4, -0.2) is 36.8 Å². The fourth-order valence-corrected chi connectivity index (χ4v) is 5.65. The highest BCUT2D eigenvalue weighted by molar-refractivity contribution is 8.00. The second-order valence-corrected chi connectivity index (χ2v) is 10.1. The number of rotatable bonds is 11. The Labute approximate surface area is 212 Å². The van der Waals surface area contributed by atoms with E-state index in [1.165, 1.54) is 7.11 Å². The monoisotopic (exact) mass is 490 g/mol. The number of methoxy groups -OCH3 is 1. The first-order valence-corrected chi connectivity index (χ1v) is 12.8. The van der Waals surface area contributed by atoms with Crippen LogP contribution in [-0.2, 0) is 19.1 Å². The quantitative estimate of drug-likeness (QED) is 0.300. The van der Waals surface area contributed by atoms with Crippen LogP contribution in [0.4, 0.5) is 0 Å². The summed E-state index contributed by atoms with van der Waals surface area (Å²) in [5.74, 6) is -0.261. The number of amides is 1. The second-order valence-electron chi connectivity index (χ2n) is 8.91.